The zero-order valence-electron chi connectivity index (χ0n) is 13.2. The Morgan fingerprint density at radius 3 is 2.62 bits per heavy atom. The van der Waals surface area contributed by atoms with Crippen LogP contribution in [0.15, 0.2) is 0 Å². The van der Waals surface area contributed by atoms with Crippen LogP contribution in [-0.2, 0) is 0 Å². The average Bonchev–Trinajstić information content (AvgIpc) is 3.07. The van der Waals surface area contributed by atoms with Crippen LogP contribution in [0.3, 0.4) is 0 Å². The Balaban J connectivity index is 1.96. The van der Waals surface area contributed by atoms with Crippen molar-refractivity contribution in [3.63, 3.8) is 0 Å². The van der Waals surface area contributed by atoms with Crippen molar-refractivity contribution in [3.8, 4) is 0 Å². The molecule has 1 unspecified atom stereocenters. The van der Waals surface area contributed by atoms with Crippen molar-refractivity contribution in [2.45, 2.75) is 38.5 Å². The van der Waals surface area contributed by atoms with Crippen molar-refractivity contribution in [2.24, 2.45) is 5.92 Å². The van der Waals surface area contributed by atoms with Gasteiger partial charge in [0.2, 0.25) is 0 Å². The molecule has 1 aliphatic heterocycles. The Kier molecular flexibility index (Phi) is 3.86. The first-order valence-corrected chi connectivity index (χ1v) is 8.73. The maximum absolute atomic E-state index is 12.3. The Morgan fingerprint density at radius 2 is 2.10 bits per heavy atom. The first-order valence-electron chi connectivity index (χ1n) is 7.91. The van der Waals surface area contributed by atoms with E-state index in [-0.39, 0.29) is 5.91 Å². The monoisotopic (exact) mass is 307 g/mol. The van der Waals surface area contributed by atoms with E-state index in [1.165, 1.54) is 36.2 Å². The van der Waals surface area contributed by atoms with Crippen molar-refractivity contribution in [3.05, 3.63) is 10.4 Å². The van der Waals surface area contributed by atoms with E-state index in [9.17, 15) is 4.79 Å². The summed E-state index contributed by atoms with van der Waals surface area (Å²) in [7, 11) is 3.59. The molecule has 1 atom stereocenters. The number of nitrogens with zero attached hydrogens (tertiary/aromatic N) is 2. The molecule has 2 N–H and O–H groups in total. The van der Waals surface area contributed by atoms with Crippen LogP contribution in [0.25, 0.3) is 0 Å². The SMILES string of the molecule is CCC1CCN(c2sc(C(=O)N(C)C)c(N)c2C2CC2)C1. The number of carbonyl (C=O) groups excluding carboxylic acids is 1. The Bertz CT molecular complexity index is 548. The molecule has 2 heterocycles. The fourth-order valence-corrected chi connectivity index (χ4v) is 4.52. The van der Waals surface area contributed by atoms with Crippen molar-refractivity contribution < 1.29 is 4.79 Å². The molecule has 0 spiro atoms. The lowest BCUT2D eigenvalue weighted by atomic mass is 10.1. The van der Waals surface area contributed by atoms with E-state index in [0.29, 0.717) is 5.92 Å². The predicted molar refractivity (Wildman–Crippen MR) is 89.3 cm³/mol. The highest BCUT2D eigenvalue weighted by atomic mass is 32.1. The molecule has 5 heteroatoms. The zero-order valence-corrected chi connectivity index (χ0v) is 14.0. The zero-order chi connectivity index (χ0) is 15.1. The number of rotatable bonds is 4. The molecule has 1 amide bonds. The second-order valence-electron chi connectivity index (χ2n) is 6.55. The summed E-state index contributed by atoms with van der Waals surface area (Å²) in [5, 5.41) is 1.27. The standard InChI is InChI=1S/C16H25N3OS/c1-4-10-7-8-19(9-10)16-12(11-5-6-11)13(17)14(21-16)15(20)18(2)3/h10-11H,4-9,17H2,1-3H3. The number of nitrogens with two attached hydrogens (primary N) is 1. The molecule has 21 heavy (non-hydrogen) atoms. The predicted octanol–water partition coefficient (Wildman–Crippen LogP) is 3.15. The van der Waals surface area contributed by atoms with E-state index >= 15 is 0 Å². The molecule has 3 rings (SSSR count). The topological polar surface area (TPSA) is 49.6 Å². The summed E-state index contributed by atoms with van der Waals surface area (Å²) in [4.78, 5) is 17.2. The molecule has 1 aromatic rings. The average molecular weight is 307 g/mol. The van der Waals surface area contributed by atoms with E-state index in [2.05, 4.69) is 11.8 Å². The van der Waals surface area contributed by atoms with Gasteiger partial charge in [-0.15, -0.1) is 11.3 Å². The van der Waals surface area contributed by atoms with Gasteiger partial charge in [-0.25, -0.2) is 0 Å². The van der Waals surface area contributed by atoms with Crippen molar-refractivity contribution in [2.75, 3.05) is 37.8 Å². The second kappa shape index (κ2) is 5.52. The van der Waals surface area contributed by atoms with Gasteiger partial charge in [0.15, 0.2) is 0 Å². The molecule has 0 aromatic carbocycles. The largest absolute Gasteiger partial charge is 0.397 e. The Hall–Kier alpha value is -1.23. The van der Waals surface area contributed by atoms with Gasteiger partial charge >= 0.3 is 0 Å². The van der Waals surface area contributed by atoms with Gasteiger partial charge in [-0.1, -0.05) is 13.3 Å². The first-order chi connectivity index (χ1) is 10.0. The van der Waals surface area contributed by atoms with E-state index in [1.54, 1.807) is 30.3 Å². The molecule has 0 bridgehead atoms. The van der Waals surface area contributed by atoms with E-state index in [4.69, 9.17) is 5.73 Å². The van der Waals surface area contributed by atoms with Crippen LogP contribution in [-0.4, -0.2) is 38.0 Å². The molecule has 1 saturated carbocycles. The van der Waals surface area contributed by atoms with Crippen LogP contribution in [0.2, 0.25) is 0 Å². The maximum atomic E-state index is 12.3. The number of anilines is 2. The summed E-state index contributed by atoms with van der Waals surface area (Å²) < 4.78 is 0. The first kappa shape index (κ1) is 14.7. The van der Waals surface area contributed by atoms with Crippen LogP contribution >= 0.6 is 11.3 Å². The molecular formula is C16H25N3OS. The molecule has 116 valence electrons. The molecule has 0 radical (unpaired) electrons. The molecule has 1 saturated heterocycles. The third-order valence-corrected chi connectivity index (χ3v) is 5.97. The van der Waals surface area contributed by atoms with Crippen molar-refractivity contribution in [1.29, 1.82) is 0 Å². The number of hydrogen-bond donors (Lipinski definition) is 1. The molecule has 1 aliphatic carbocycles. The fourth-order valence-electron chi connectivity index (χ4n) is 3.16. The third kappa shape index (κ3) is 2.63. The summed E-state index contributed by atoms with van der Waals surface area (Å²) in [5.74, 6) is 1.41. The Morgan fingerprint density at radius 1 is 1.38 bits per heavy atom. The summed E-state index contributed by atoms with van der Waals surface area (Å²) in [6, 6.07) is 0. The lowest BCUT2D eigenvalue weighted by molar-refractivity contribution is 0.0833. The maximum Gasteiger partial charge on any atom is 0.265 e. The van der Waals surface area contributed by atoms with E-state index in [1.807, 2.05) is 0 Å². The quantitative estimate of drug-likeness (QED) is 0.929. The molecule has 1 aromatic heterocycles. The minimum atomic E-state index is 0.0388. The lowest BCUT2D eigenvalue weighted by Crippen LogP contribution is -2.21. The Labute approximate surface area is 130 Å². The second-order valence-corrected chi connectivity index (χ2v) is 7.55. The van der Waals surface area contributed by atoms with Crippen LogP contribution < -0.4 is 10.6 Å². The molecule has 2 aliphatic rings. The normalized spacial score (nSPS) is 21.9. The molecular weight excluding hydrogens is 282 g/mol. The van der Waals surface area contributed by atoms with Crippen molar-refractivity contribution >= 4 is 27.9 Å². The van der Waals surface area contributed by atoms with Gasteiger partial charge in [0, 0.05) is 32.7 Å². The van der Waals surface area contributed by atoms with Gasteiger partial charge in [-0.2, -0.15) is 0 Å². The van der Waals surface area contributed by atoms with Crippen LogP contribution in [0.4, 0.5) is 10.7 Å². The molecule has 2 fully saturated rings. The van der Waals surface area contributed by atoms with Gasteiger partial charge in [-0.3, -0.25) is 4.79 Å². The summed E-state index contributed by atoms with van der Waals surface area (Å²) in [5.41, 5.74) is 8.37. The minimum absolute atomic E-state index is 0.0388. The van der Waals surface area contributed by atoms with Gasteiger partial charge in [0.1, 0.15) is 4.88 Å². The van der Waals surface area contributed by atoms with Crippen molar-refractivity contribution in [1.82, 2.24) is 4.90 Å². The van der Waals surface area contributed by atoms with Gasteiger partial charge in [0.05, 0.1) is 10.7 Å². The number of thiophene rings is 1. The number of hydrogen-bond acceptors (Lipinski definition) is 4. The number of amides is 1. The fraction of sp³-hybridized carbons (Fsp3) is 0.688. The van der Waals surface area contributed by atoms with E-state index < -0.39 is 0 Å². The van der Waals surface area contributed by atoms with Gasteiger partial charge in [-0.05, 0) is 31.1 Å². The summed E-state index contributed by atoms with van der Waals surface area (Å²) in [6.07, 6.45) is 4.93. The smallest absolute Gasteiger partial charge is 0.265 e. The number of nitrogen functional groups attached to an aromatic ring is 1. The lowest BCUT2D eigenvalue weighted by Gasteiger charge is -2.18. The van der Waals surface area contributed by atoms with Crippen LogP contribution in [0.1, 0.15) is 53.8 Å². The number of carbonyl (C=O) groups is 1. The highest BCUT2D eigenvalue weighted by Gasteiger charge is 2.36. The molecule has 4 nitrogen and oxygen atoms in total. The minimum Gasteiger partial charge on any atom is -0.397 e. The van der Waals surface area contributed by atoms with Gasteiger partial charge < -0.3 is 15.5 Å². The summed E-state index contributed by atoms with van der Waals surface area (Å²) in [6.45, 7) is 4.49. The van der Waals surface area contributed by atoms with E-state index in [0.717, 1.165) is 29.6 Å². The summed E-state index contributed by atoms with van der Waals surface area (Å²) >= 11 is 1.61. The van der Waals surface area contributed by atoms with Gasteiger partial charge in [0.25, 0.3) is 5.91 Å². The highest BCUT2D eigenvalue weighted by Crippen LogP contribution is 2.52. The highest BCUT2D eigenvalue weighted by molar-refractivity contribution is 7.18. The van der Waals surface area contributed by atoms with Crippen LogP contribution in [0.5, 0.6) is 0 Å². The third-order valence-electron chi connectivity index (χ3n) is 4.70. The van der Waals surface area contributed by atoms with Crippen LogP contribution in [0, 0.1) is 5.92 Å².